The molecule has 1 heterocycles. The molecule has 0 saturated heterocycles. The molecule has 0 amide bonds. The number of aromatic nitrogens is 1. The first kappa shape index (κ1) is 16.1. The molecule has 24 heavy (non-hydrogen) atoms. The zero-order valence-electron chi connectivity index (χ0n) is 12.9. The zero-order valence-corrected chi connectivity index (χ0v) is 13.7. The number of anilines is 1. The van der Waals surface area contributed by atoms with E-state index in [-0.39, 0.29) is 4.90 Å². The van der Waals surface area contributed by atoms with Crippen molar-refractivity contribution in [2.24, 2.45) is 0 Å². The Bertz CT molecular complexity index is 953. The van der Waals surface area contributed by atoms with Gasteiger partial charge in [-0.1, -0.05) is 35.9 Å². The van der Waals surface area contributed by atoms with Gasteiger partial charge in [0.05, 0.1) is 22.5 Å². The molecule has 0 saturated carbocycles. The normalized spacial score (nSPS) is 11.2. The predicted molar refractivity (Wildman–Crippen MR) is 91.6 cm³/mol. The third-order valence-corrected chi connectivity index (χ3v) is 4.89. The molecule has 0 radical (unpaired) electrons. The Kier molecular flexibility index (Phi) is 4.31. The van der Waals surface area contributed by atoms with Crippen LogP contribution in [0.2, 0.25) is 0 Å². The Morgan fingerprint density at radius 3 is 2.33 bits per heavy atom. The summed E-state index contributed by atoms with van der Waals surface area (Å²) in [6.07, 6.45) is 1.10. The van der Waals surface area contributed by atoms with Crippen LogP contribution < -0.4 is 4.72 Å². The summed E-state index contributed by atoms with van der Waals surface area (Å²) in [5, 5.41) is 0. The third-order valence-electron chi connectivity index (χ3n) is 3.51. The van der Waals surface area contributed by atoms with Crippen LogP contribution in [-0.4, -0.2) is 13.4 Å². The second kappa shape index (κ2) is 6.41. The fourth-order valence-electron chi connectivity index (χ4n) is 2.25. The lowest BCUT2D eigenvalue weighted by atomic mass is 10.1. The monoisotopic (exact) mass is 342 g/mol. The van der Waals surface area contributed by atoms with E-state index in [9.17, 15) is 12.8 Å². The van der Waals surface area contributed by atoms with E-state index in [1.54, 1.807) is 48.5 Å². The quantitative estimate of drug-likeness (QED) is 0.780. The molecular weight excluding hydrogens is 327 g/mol. The summed E-state index contributed by atoms with van der Waals surface area (Å²) in [4.78, 5) is 4.19. The molecule has 2 aromatic carbocycles. The van der Waals surface area contributed by atoms with Crippen molar-refractivity contribution in [3.05, 3.63) is 78.2 Å². The standard InChI is InChI=1S/C18H15FN2O2S/c1-13-6-9-15(10-7-13)24(22,23)21-18-5-3-2-4-16(18)17-11-8-14(19)12-20-17/h2-12,21H,1H3. The maximum atomic E-state index is 13.1. The van der Waals surface area contributed by atoms with Crippen molar-refractivity contribution >= 4 is 15.7 Å². The van der Waals surface area contributed by atoms with Gasteiger partial charge in [0, 0.05) is 5.56 Å². The highest BCUT2D eigenvalue weighted by atomic mass is 32.2. The number of sulfonamides is 1. The minimum Gasteiger partial charge on any atom is -0.279 e. The van der Waals surface area contributed by atoms with E-state index in [0.29, 0.717) is 16.9 Å². The topological polar surface area (TPSA) is 59.1 Å². The largest absolute Gasteiger partial charge is 0.279 e. The number of halogens is 1. The van der Waals surface area contributed by atoms with Gasteiger partial charge in [0.1, 0.15) is 5.82 Å². The molecule has 1 N–H and O–H groups in total. The Labute approximate surface area is 140 Å². The Morgan fingerprint density at radius 1 is 0.958 bits per heavy atom. The number of nitrogens with zero attached hydrogens (tertiary/aromatic N) is 1. The van der Waals surface area contributed by atoms with Crippen LogP contribution in [0.5, 0.6) is 0 Å². The maximum absolute atomic E-state index is 13.1. The summed E-state index contributed by atoms with van der Waals surface area (Å²) in [7, 11) is -3.72. The summed E-state index contributed by atoms with van der Waals surface area (Å²) < 4.78 is 40.7. The first-order valence-corrected chi connectivity index (χ1v) is 8.74. The summed E-state index contributed by atoms with van der Waals surface area (Å²) >= 11 is 0. The van der Waals surface area contributed by atoms with Crippen LogP contribution >= 0.6 is 0 Å². The minimum atomic E-state index is -3.72. The van der Waals surface area contributed by atoms with Crippen LogP contribution in [0.1, 0.15) is 5.56 Å². The van der Waals surface area contributed by atoms with Gasteiger partial charge in [0.2, 0.25) is 0 Å². The van der Waals surface area contributed by atoms with E-state index >= 15 is 0 Å². The van der Waals surface area contributed by atoms with Crippen LogP contribution in [0.25, 0.3) is 11.3 Å². The molecule has 0 aliphatic carbocycles. The van der Waals surface area contributed by atoms with Gasteiger partial charge in [0.15, 0.2) is 0 Å². The molecule has 0 spiro atoms. The van der Waals surface area contributed by atoms with Gasteiger partial charge in [-0.05, 0) is 37.3 Å². The second-order valence-corrected chi connectivity index (χ2v) is 7.01. The Hall–Kier alpha value is -2.73. The van der Waals surface area contributed by atoms with Gasteiger partial charge in [-0.15, -0.1) is 0 Å². The highest BCUT2D eigenvalue weighted by molar-refractivity contribution is 7.92. The van der Waals surface area contributed by atoms with E-state index in [0.717, 1.165) is 11.8 Å². The number of aryl methyl sites for hydroxylation is 1. The molecule has 0 bridgehead atoms. The van der Waals surface area contributed by atoms with Crippen LogP contribution in [0.15, 0.2) is 71.8 Å². The van der Waals surface area contributed by atoms with E-state index < -0.39 is 15.8 Å². The first-order valence-electron chi connectivity index (χ1n) is 7.26. The van der Waals surface area contributed by atoms with Crippen LogP contribution in [-0.2, 0) is 10.0 Å². The van der Waals surface area contributed by atoms with Crippen LogP contribution in [0.3, 0.4) is 0 Å². The Morgan fingerprint density at radius 2 is 1.67 bits per heavy atom. The highest BCUT2D eigenvalue weighted by Gasteiger charge is 2.16. The number of nitrogens with one attached hydrogen (secondary N) is 1. The number of rotatable bonds is 4. The average Bonchev–Trinajstić information content (AvgIpc) is 2.56. The van der Waals surface area contributed by atoms with Gasteiger partial charge < -0.3 is 0 Å². The molecule has 1 aromatic heterocycles. The lowest BCUT2D eigenvalue weighted by Crippen LogP contribution is -2.13. The molecule has 4 nitrogen and oxygen atoms in total. The van der Waals surface area contributed by atoms with Crippen molar-refractivity contribution < 1.29 is 12.8 Å². The smallest absolute Gasteiger partial charge is 0.261 e. The van der Waals surface area contributed by atoms with Crippen molar-refractivity contribution in [2.45, 2.75) is 11.8 Å². The molecule has 0 aliphatic rings. The van der Waals surface area contributed by atoms with Gasteiger partial charge in [-0.25, -0.2) is 12.8 Å². The molecule has 6 heteroatoms. The second-order valence-electron chi connectivity index (χ2n) is 5.33. The summed E-state index contributed by atoms with van der Waals surface area (Å²) in [6, 6.07) is 16.2. The minimum absolute atomic E-state index is 0.176. The van der Waals surface area contributed by atoms with Crippen LogP contribution in [0.4, 0.5) is 10.1 Å². The fourth-order valence-corrected chi connectivity index (χ4v) is 3.33. The van der Waals surface area contributed by atoms with Gasteiger partial charge in [-0.2, -0.15) is 0 Å². The highest BCUT2D eigenvalue weighted by Crippen LogP contribution is 2.28. The van der Waals surface area contributed by atoms with Gasteiger partial charge >= 0.3 is 0 Å². The zero-order chi connectivity index (χ0) is 17.2. The molecule has 0 fully saturated rings. The van der Waals surface area contributed by atoms with Crippen molar-refractivity contribution in [1.82, 2.24) is 4.98 Å². The van der Waals surface area contributed by atoms with E-state index in [1.165, 1.54) is 12.1 Å². The number of benzene rings is 2. The summed E-state index contributed by atoms with van der Waals surface area (Å²) in [5.74, 6) is -0.448. The third kappa shape index (κ3) is 3.44. The van der Waals surface area contributed by atoms with E-state index in [4.69, 9.17) is 0 Å². The number of hydrogen-bond acceptors (Lipinski definition) is 3. The molecular formula is C18H15FN2O2S. The van der Waals surface area contributed by atoms with Crippen molar-refractivity contribution in [1.29, 1.82) is 0 Å². The fraction of sp³-hybridized carbons (Fsp3) is 0.0556. The number of para-hydroxylation sites is 1. The molecule has 0 atom stereocenters. The Balaban J connectivity index is 1.98. The van der Waals surface area contributed by atoms with Gasteiger partial charge in [0.25, 0.3) is 10.0 Å². The predicted octanol–water partition coefficient (Wildman–Crippen LogP) is 4.00. The lowest BCUT2D eigenvalue weighted by molar-refractivity contribution is 0.601. The van der Waals surface area contributed by atoms with Gasteiger partial charge in [-0.3, -0.25) is 9.71 Å². The molecule has 3 aromatic rings. The molecule has 0 unspecified atom stereocenters. The number of hydrogen-bond donors (Lipinski definition) is 1. The SMILES string of the molecule is Cc1ccc(S(=O)(=O)Nc2ccccc2-c2ccc(F)cn2)cc1. The number of pyridine rings is 1. The van der Waals surface area contributed by atoms with Crippen molar-refractivity contribution in [3.63, 3.8) is 0 Å². The maximum Gasteiger partial charge on any atom is 0.261 e. The summed E-state index contributed by atoms with van der Waals surface area (Å²) in [5.41, 5.74) is 2.42. The summed E-state index contributed by atoms with van der Waals surface area (Å²) in [6.45, 7) is 1.89. The van der Waals surface area contributed by atoms with E-state index in [2.05, 4.69) is 9.71 Å². The molecule has 0 aliphatic heterocycles. The van der Waals surface area contributed by atoms with Crippen molar-refractivity contribution in [2.75, 3.05) is 4.72 Å². The first-order chi connectivity index (χ1) is 11.5. The molecule has 122 valence electrons. The molecule has 3 rings (SSSR count). The van der Waals surface area contributed by atoms with Crippen LogP contribution in [0, 0.1) is 12.7 Å². The van der Waals surface area contributed by atoms with Crippen molar-refractivity contribution in [3.8, 4) is 11.3 Å². The lowest BCUT2D eigenvalue weighted by Gasteiger charge is -2.12. The van der Waals surface area contributed by atoms with E-state index in [1.807, 2.05) is 6.92 Å². The average molecular weight is 342 g/mol.